The molecule has 1 atom stereocenters. The lowest BCUT2D eigenvalue weighted by Gasteiger charge is -2.19. The van der Waals surface area contributed by atoms with Crippen molar-refractivity contribution in [3.05, 3.63) is 29.3 Å². The lowest BCUT2D eigenvalue weighted by molar-refractivity contribution is -0.146. The summed E-state index contributed by atoms with van der Waals surface area (Å²) in [6.07, 6.45) is 1.69. The molecule has 1 heterocycles. The second-order valence-electron chi connectivity index (χ2n) is 5.44. The summed E-state index contributed by atoms with van der Waals surface area (Å²) < 4.78 is 5.67. The first kappa shape index (κ1) is 12.0. The van der Waals surface area contributed by atoms with Gasteiger partial charge in [-0.15, -0.1) is 0 Å². The number of carboxylic acid groups (broad SMARTS) is 1. The Morgan fingerprint density at radius 3 is 2.88 bits per heavy atom. The maximum Gasteiger partial charge on any atom is 0.309 e. The molecule has 1 aliphatic heterocycles. The van der Waals surface area contributed by atoms with Crippen LogP contribution in [0.25, 0.3) is 0 Å². The van der Waals surface area contributed by atoms with Crippen molar-refractivity contribution < 1.29 is 14.6 Å². The molecule has 1 aromatic carbocycles. The van der Waals surface area contributed by atoms with E-state index in [0.29, 0.717) is 6.42 Å². The van der Waals surface area contributed by atoms with Gasteiger partial charge in [-0.2, -0.15) is 0 Å². The van der Waals surface area contributed by atoms with E-state index < -0.39 is 11.4 Å². The van der Waals surface area contributed by atoms with E-state index in [4.69, 9.17) is 9.84 Å². The van der Waals surface area contributed by atoms with E-state index in [2.05, 4.69) is 0 Å². The van der Waals surface area contributed by atoms with E-state index in [1.54, 1.807) is 13.8 Å². The number of fused-ring (bicyclic) bond motifs is 1. The van der Waals surface area contributed by atoms with Crippen molar-refractivity contribution in [1.29, 1.82) is 0 Å². The molecular weight excluding hydrogens is 216 g/mol. The number of aliphatic carboxylic acids is 1. The molecule has 0 saturated heterocycles. The zero-order valence-electron chi connectivity index (χ0n) is 10.5. The Balaban J connectivity index is 2.20. The molecule has 0 radical (unpaired) electrons. The summed E-state index contributed by atoms with van der Waals surface area (Å²) >= 11 is 0. The number of hydrogen-bond acceptors (Lipinski definition) is 2. The smallest absolute Gasteiger partial charge is 0.309 e. The highest BCUT2D eigenvalue weighted by Crippen LogP contribution is 2.32. The summed E-state index contributed by atoms with van der Waals surface area (Å²) in [5.74, 6) is 0.142. The fourth-order valence-electron chi connectivity index (χ4n) is 2.14. The zero-order valence-corrected chi connectivity index (χ0v) is 10.5. The van der Waals surface area contributed by atoms with Crippen LogP contribution in [-0.2, 0) is 17.6 Å². The number of carbonyl (C=O) groups is 1. The van der Waals surface area contributed by atoms with Gasteiger partial charge >= 0.3 is 5.97 Å². The van der Waals surface area contributed by atoms with Gasteiger partial charge < -0.3 is 9.84 Å². The molecule has 17 heavy (non-hydrogen) atoms. The predicted octanol–water partition coefficient (Wildman–Crippen LogP) is 2.66. The predicted molar refractivity (Wildman–Crippen MR) is 65.4 cm³/mol. The molecule has 1 unspecified atom stereocenters. The third-order valence-electron chi connectivity index (χ3n) is 3.19. The van der Waals surface area contributed by atoms with E-state index in [9.17, 15) is 4.79 Å². The number of hydrogen-bond donors (Lipinski definition) is 1. The first-order valence-electron chi connectivity index (χ1n) is 5.90. The van der Waals surface area contributed by atoms with Crippen molar-refractivity contribution in [2.75, 3.05) is 0 Å². The topological polar surface area (TPSA) is 46.5 Å². The molecule has 3 nitrogen and oxygen atoms in total. The van der Waals surface area contributed by atoms with E-state index in [1.807, 2.05) is 25.1 Å². The van der Waals surface area contributed by atoms with Crippen molar-refractivity contribution in [2.24, 2.45) is 5.41 Å². The number of ether oxygens (including phenoxy) is 1. The van der Waals surface area contributed by atoms with Gasteiger partial charge in [-0.05, 0) is 44.4 Å². The Morgan fingerprint density at radius 2 is 2.24 bits per heavy atom. The highest BCUT2D eigenvalue weighted by atomic mass is 16.5. The van der Waals surface area contributed by atoms with Crippen LogP contribution >= 0.6 is 0 Å². The monoisotopic (exact) mass is 234 g/mol. The average molecular weight is 234 g/mol. The third kappa shape index (κ3) is 2.43. The molecule has 0 aromatic heterocycles. The van der Waals surface area contributed by atoms with Gasteiger partial charge in [-0.25, -0.2) is 0 Å². The molecule has 0 aliphatic carbocycles. The van der Waals surface area contributed by atoms with Crippen molar-refractivity contribution in [2.45, 2.75) is 39.7 Å². The van der Waals surface area contributed by atoms with Crippen LogP contribution in [0.5, 0.6) is 5.75 Å². The van der Waals surface area contributed by atoms with Gasteiger partial charge in [0, 0.05) is 6.42 Å². The normalized spacial score (nSPS) is 18.6. The van der Waals surface area contributed by atoms with Crippen LogP contribution < -0.4 is 4.74 Å². The summed E-state index contributed by atoms with van der Waals surface area (Å²) in [4.78, 5) is 11.1. The lowest BCUT2D eigenvalue weighted by Crippen LogP contribution is -2.26. The van der Waals surface area contributed by atoms with Crippen LogP contribution in [0.4, 0.5) is 0 Å². The van der Waals surface area contributed by atoms with Gasteiger partial charge in [0.1, 0.15) is 11.9 Å². The Hall–Kier alpha value is -1.51. The Labute approximate surface area is 101 Å². The van der Waals surface area contributed by atoms with E-state index >= 15 is 0 Å². The highest BCUT2D eigenvalue weighted by Gasteiger charge is 2.28. The molecule has 1 N–H and O–H groups in total. The molecule has 0 amide bonds. The van der Waals surface area contributed by atoms with Gasteiger partial charge in [0.15, 0.2) is 0 Å². The van der Waals surface area contributed by atoms with Crippen molar-refractivity contribution in [1.82, 2.24) is 0 Å². The van der Waals surface area contributed by atoms with Crippen molar-refractivity contribution in [3.8, 4) is 5.75 Å². The highest BCUT2D eigenvalue weighted by molar-refractivity contribution is 5.74. The van der Waals surface area contributed by atoms with Gasteiger partial charge in [0.05, 0.1) is 5.41 Å². The molecule has 2 rings (SSSR count). The van der Waals surface area contributed by atoms with Gasteiger partial charge in [0.25, 0.3) is 0 Å². The SMILES string of the molecule is CC1Cc2ccc(CC(C)(C)C(=O)O)cc2O1. The van der Waals surface area contributed by atoms with Crippen LogP contribution in [0.2, 0.25) is 0 Å². The van der Waals surface area contributed by atoms with Crippen molar-refractivity contribution in [3.63, 3.8) is 0 Å². The standard InChI is InChI=1S/C14H18O3/c1-9-6-11-5-4-10(7-12(11)17-9)8-14(2,3)13(15)16/h4-5,7,9H,6,8H2,1-3H3,(H,15,16). The minimum absolute atomic E-state index is 0.229. The molecule has 1 aliphatic rings. The molecule has 0 bridgehead atoms. The summed E-state index contributed by atoms with van der Waals surface area (Å²) in [7, 11) is 0. The summed E-state index contributed by atoms with van der Waals surface area (Å²) in [5.41, 5.74) is 1.50. The van der Waals surface area contributed by atoms with Crippen LogP contribution in [0.1, 0.15) is 31.9 Å². The molecule has 92 valence electrons. The Morgan fingerprint density at radius 1 is 1.53 bits per heavy atom. The fraction of sp³-hybridized carbons (Fsp3) is 0.500. The van der Waals surface area contributed by atoms with Gasteiger partial charge in [0.2, 0.25) is 0 Å². The van der Waals surface area contributed by atoms with Crippen molar-refractivity contribution >= 4 is 5.97 Å². The van der Waals surface area contributed by atoms with E-state index in [0.717, 1.165) is 17.7 Å². The van der Waals surface area contributed by atoms with Gasteiger partial charge in [-0.3, -0.25) is 4.79 Å². The molecule has 0 fully saturated rings. The fourth-order valence-corrected chi connectivity index (χ4v) is 2.14. The Kier molecular flexibility index (Phi) is 2.86. The lowest BCUT2D eigenvalue weighted by atomic mass is 9.85. The van der Waals surface area contributed by atoms with Crippen LogP contribution in [0.3, 0.4) is 0 Å². The molecule has 0 saturated carbocycles. The van der Waals surface area contributed by atoms with Crippen LogP contribution in [0.15, 0.2) is 18.2 Å². The summed E-state index contributed by atoms with van der Waals surface area (Å²) in [6, 6.07) is 6.03. The minimum Gasteiger partial charge on any atom is -0.490 e. The number of rotatable bonds is 3. The minimum atomic E-state index is -0.771. The molecular formula is C14H18O3. The van der Waals surface area contributed by atoms with Crippen LogP contribution in [-0.4, -0.2) is 17.2 Å². The average Bonchev–Trinajstić information content (AvgIpc) is 2.56. The second kappa shape index (κ2) is 4.06. The Bertz CT molecular complexity index is 449. The number of benzene rings is 1. The summed E-state index contributed by atoms with van der Waals surface area (Å²) in [6.45, 7) is 5.53. The van der Waals surface area contributed by atoms with E-state index in [-0.39, 0.29) is 6.10 Å². The van der Waals surface area contributed by atoms with E-state index in [1.165, 1.54) is 5.56 Å². The largest absolute Gasteiger partial charge is 0.490 e. The first-order chi connectivity index (χ1) is 7.88. The molecule has 3 heteroatoms. The molecule has 1 aromatic rings. The quantitative estimate of drug-likeness (QED) is 0.874. The summed E-state index contributed by atoms with van der Waals surface area (Å²) in [5, 5.41) is 9.11. The number of carboxylic acids is 1. The maximum absolute atomic E-state index is 11.1. The molecule has 0 spiro atoms. The second-order valence-corrected chi connectivity index (χ2v) is 5.44. The maximum atomic E-state index is 11.1. The third-order valence-corrected chi connectivity index (χ3v) is 3.19. The van der Waals surface area contributed by atoms with Gasteiger partial charge in [-0.1, -0.05) is 12.1 Å². The first-order valence-corrected chi connectivity index (χ1v) is 5.90. The zero-order chi connectivity index (χ0) is 12.6. The van der Waals surface area contributed by atoms with Crippen LogP contribution in [0, 0.1) is 5.41 Å².